The summed E-state index contributed by atoms with van der Waals surface area (Å²) in [7, 11) is 0. The molecule has 2 unspecified atom stereocenters. The minimum Gasteiger partial charge on any atom is -0.633 e. The molecule has 5 atom stereocenters. The number of aliphatic hydroxyl groups is 1. The summed E-state index contributed by atoms with van der Waals surface area (Å²) in [4.78, 5) is 24.5. The largest absolute Gasteiger partial charge is 0.633 e. The first kappa shape index (κ1) is 18.1. The highest BCUT2D eigenvalue weighted by molar-refractivity contribution is 5.98. The van der Waals surface area contributed by atoms with Crippen LogP contribution in [0, 0.1) is 11.1 Å². The lowest BCUT2D eigenvalue weighted by Crippen LogP contribution is -2.69. The number of carbonyl (C=O) groups is 2. The molecule has 1 heterocycles. The second kappa shape index (κ2) is 5.78. The lowest BCUT2D eigenvalue weighted by Gasteiger charge is -2.58. The third kappa shape index (κ3) is 2.33. The maximum absolute atomic E-state index is 13.9. The number of rotatable bonds is 5. The van der Waals surface area contributed by atoms with Crippen molar-refractivity contribution >= 4 is 11.7 Å². The Morgan fingerprint density at radius 2 is 2.18 bits per heavy atom. The summed E-state index contributed by atoms with van der Waals surface area (Å²) in [6.07, 6.45) is 2.16. The van der Waals surface area contributed by atoms with Crippen LogP contribution >= 0.6 is 0 Å². The van der Waals surface area contributed by atoms with Gasteiger partial charge in [0, 0.05) is 24.3 Å². The van der Waals surface area contributed by atoms with Gasteiger partial charge < -0.3 is 25.4 Å². The van der Waals surface area contributed by atoms with Gasteiger partial charge in [0.2, 0.25) is 0 Å². The zero-order chi connectivity index (χ0) is 19.8. The Balaban J connectivity index is 1.67. The molecule has 2 fully saturated rings. The van der Waals surface area contributed by atoms with Gasteiger partial charge in [-0.3, -0.25) is 9.59 Å². The van der Waals surface area contributed by atoms with E-state index in [0.29, 0.717) is 36.7 Å². The number of hydrogen-bond acceptors (Lipinski definition) is 5. The highest BCUT2D eigenvalue weighted by Crippen LogP contribution is 2.58. The van der Waals surface area contributed by atoms with Crippen LogP contribution in [0.25, 0.3) is 0 Å². The lowest BCUT2D eigenvalue weighted by atomic mass is 9.61. The Hall–Kier alpha value is -1.96. The van der Waals surface area contributed by atoms with Crippen molar-refractivity contribution in [3.63, 3.8) is 0 Å². The summed E-state index contributed by atoms with van der Waals surface area (Å²) in [5.41, 5.74) is 6.02. The van der Waals surface area contributed by atoms with Crippen LogP contribution in [-0.2, 0) is 11.2 Å². The van der Waals surface area contributed by atoms with Gasteiger partial charge in [0.1, 0.15) is 17.4 Å². The molecule has 1 aliphatic heterocycles. The van der Waals surface area contributed by atoms with Crippen molar-refractivity contribution < 1.29 is 24.1 Å². The highest BCUT2D eigenvalue weighted by atomic mass is 16.6. The van der Waals surface area contributed by atoms with E-state index in [1.807, 2.05) is 13.0 Å². The fraction of sp³-hybridized carbons (Fsp3) is 0.619. The van der Waals surface area contributed by atoms with Gasteiger partial charge in [0.15, 0.2) is 11.9 Å². The van der Waals surface area contributed by atoms with Crippen molar-refractivity contribution in [3.8, 4) is 5.75 Å². The third-order valence-electron chi connectivity index (χ3n) is 7.40. The van der Waals surface area contributed by atoms with Gasteiger partial charge in [-0.1, -0.05) is 6.07 Å². The first-order valence-electron chi connectivity index (χ1n) is 10.2. The normalized spacial score (nSPS) is 35.1. The average Bonchev–Trinajstić information content (AvgIpc) is 3.37. The number of carbonyl (C=O) groups excluding carboxylic acids is 2. The average molecular weight is 386 g/mol. The zero-order valence-corrected chi connectivity index (χ0v) is 16.0. The first-order chi connectivity index (χ1) is 13.3. The molecule has 5 rings (SSSR count). The monoisotopic (exact) mass is 386 g/mol. The molecular weight excluding hydrogens is 360 g/mol. The van der Waals surface area contributed by atoms with Crippen molar-refractivity contribution in [3.05, 3.63) is 34.0 Å². The number of primary amides is 1. The van der Waals surface area contributed by atoms with Crippen LogP contribution in [0.4, 0.5) is 0 Å². The van der Waals surface area contributed by atoms with Crippen LogP contribution in [0.5, 0.6) is 5.75 Å². The Bertz CT molecular complexity index is 882. The van der Waals surface area contributed by atoms with E-state index in [1.54, 1.807) is 6.07 Å². The number of hydroxylamine groups is 3. The van der Waals surface area contributed by atoms with Crippen molar-refractivity contribution in [2.45, 2.75) is 62.7 Å². The molecule has 4 aliphatic rings. The number of benzene rings is 1. The van der Waals surface area contributed by atoms with Crippen molar-refractivity contribution in [1.29, 1.82) is 0 Å². The standard InChI is InChI=1S/C21H26N2O5/c1-2-23(27,10-11-3-4-11)15-9-12-5-6-13(20(22)25)18-16(12)17-19(28-18)14(24)7-8-21(15,17)26/h5-6,11,15,17,19,26H,2-4,7-10H2,1H3,(H2,22,25)/t15-,17?,19+,21-,23?/m1/s1. The molecule has 150 valence electrons. The van der Waals surface area contributed by atoms with Crippen LogP contribution in [-0.4, -0.2) is 52.3 Å². The van der Waals surface area contributed by atoms with E-state index in [2.05, 4.69) is 0 Å². The molecular formula is C21H26N2O5. The topological polar surface area (TPSA) is 113 Å². The van der Waals surface area contributed by atoms with E-state index in [4.69, 9.17) is 10.5 Å². The lowest BCUT2D eigenvalue weighted by molar-refractivity contribution is -0.913. The summed E-state index contributed by atoms with van der Waals surface area (Å²) in [6, 6.07) is 2.89. The summed E-state index contributed by atoms with van der Waals surface area (Å²) in [6.45, 7) is 2.78. The fourth-order valence-electron chi connectivity index (χ4n) is 5.76. The van der Waals surface area contributed by atoms with Crippen LogP contribution in [0.2, 0.25) is 0 Å². The maximum Gasteiger partial charge on any atom is 0.252 e. The van der Waals surface area contributed by atoms with Crippen LogP contribution in [0.1, 0.15) is 60.0 Å². The van der Waals surface area contributed by atoms with Crippen molar-refractivity contribution in [1.82, 2.24) is 0 Å². The fourth-order valence-corrected chi connectivity index (χ4v) is 5.76. The Labute approximate surface area is 163 Å². The van der Waals surface area contributed by atoms with Crippen molar-refractivity contribution in [2.75, 3.05) is 13.1 Å². The predicted molar refractivity (Wildman–Crippen MR) is 101 cm³/mol. The quantitative estimate of drug-likeness (QED) is 0.587. The highest BCUT2D eigenvalue weighted by Gasteiger charge is 2.64. The molecule has 0 saturated heterocycles. The van der Waals surface area contributed by atoms with Gasteiger partial charge in [-0.05, 0) is 37.8 Å². The molecule has 7 heteroatoms. The number of hydrogen-bond donors (Lipinski definition) is 2. The SMILES string of the molecule is CC[N+]([O-])(CC1CC1)[C@@H]1Cc2ccc(C(N)=O)c3c2C2[C@@H](O3)C(=O)CC[C@]21O. The second-order valence-electron chi connectivity index (χ2n) is 8.97. The molecule has 28 heavy (non-hydrogen) atoms. The minimum atomic E-state index is -1.32. The predicted octanol–water partition coefficient (Wildman–Crippen LogP) is 1.39. The van der Waals surface area contributed by atoms with Crippen molar-refractivity contribution in [2.24, 2.45) is 11.7 Å². The Kier molecular flexibility index (Phi) is 3.73. The Morgan fingerprint density at radius 3 is 2.82 bits per heavy atom. The maximum atomic E-state index is 13.9. The van der Waals surface area contributed by atoms with Crippen LogP contribution in [0.3, 0.4) is 0 Å². The number of ether oxygens (including phenoxy) is 1. The molecule has 3 aliphatic carbocycles. The second-order valence-corrected chi connectivity index (χ2v) is 8.97. The molecule has 3 N–H and O–H groups in total. The Morgan fingerprint density at radius 1 is 1.43 bits per heavy atom. The van der Waals surface area contributed by atoms with E-state index in [-0.39, 0.29) is 24.2 Å². The van der Waals surface area contributed by atoms with Gasteiger partial charge in [0.25, 0.3) is 5.91 Å². The van der Waals surface area contributed by atoms with Gasteiger partial charge in [0.05, 0.1) is 24.6 Å². The van der Waals surface area contributed by atoms with Crippen LogP contribution in [0.15, 0.2) is 12.1 Å². The minimum absolute atomic E-state index is 0.0874. The summed E-state index contributed by atoms with van der Waals surface area (Å²) in [5.74, 6) is -0.554. The summed E-state index contributed by atoms with van der Waals surface area (Å²) >= 11 is 0. The summed E-state index contributed by atoms with van der Waals surface area (Å²) in [5, 5.41) is 25.8. The number of ketones is 1. The molecule has 2 saturated carbocycles. The molecule has 1 aromatic carbocycles. The molecule has 1 aromatic rings. The molecule has 7 nitrogen and oxygen atoms in total. The van der Waals surface area contributed by atoms with Gasteiger partial charge in [-0.15, -0.1) is 0 Å². The molecule has 0 radical (unpaired) electrons. The number of likely N-dealkylation sites (N-methyl/N-ethyl adjacent to an activating group) is 1. The number of Topliss-reactive ketones (excluding diaryl/α,β-unsaturated/α-hetero) is 1. The van der Waals surface area contributed by atoms with E-state index >= 15 is 0 Å². The van der Waals surface area contributed by atoms with Gasteiger partial charge >= 0.3 is 0 Å². The first-order valence-corrected chi connectivity index (χ1v) is 10.2. The molecule has 1 amide bonds. The smallest absolute Gasteiger partial charge is 0.252 e. The summed E-state index contributed by atoms with van der Waals surface area (Å²) < 4.78 is 5.50. The zero-order valence-electron chi connectivity index (χ0n) is 16.0. The van der Waals surface area contributed by atoms with E-state index in [0.717, 1.165) is 18.4 Å². The van der Waals surface area contributed by atoms with E-state index in [1.165, 1.54) is 0 Å². The van der Waals surface area contributed by atoms with Crippen LogP contribution < -0.4 is 10.5 Å². The number of amides is 1. The number of nitrogens with two attached hydrogens (primary N) is 1. The third-order valence-corrected chi connectivity index (χ3v) is 7.40. The number of nitrogens with zero attached hydrogens (tertiary/aromatic N) is 1. The van der Waals surface area contributed by atoms with Gasteiger partial charge in [-0.25, -0.2) is 0 Å². The van der Waals surface area contributed by atoms with Gasteiger partial charge in [-0.2, -0.15) is 0 Å². The van der Waals surface area contributed by atoms with E-state index < -0.39 is 34.2 Å². The number of quaternary nitrogens is 1. The molecule has 0 bridgehead atoms. The van der Waals surface area contributed by atoms with E-state index in [9.17, 15) is 19.9 Å². The molecule has 0 spiro atoms. The molecule has 0 aromatic heterocycles.